The van der Waals surface area contributed by atoms with E-state index >= 15 is 0 Å². The lowest BCUT2D eigenvalue weighted by molar-refractivity contribution is 0.102. The Balaban J connectivity index is 1.61. The number of anilines is 1. The maximum Gasteiger partial charge on any atom is 0.255 e. The van der Waals surface area contributed by atoms with Crippen molar-refractivity contribution < 1.29 is 9.53 Å². The number of amides is 1. The molecular formula is C24H20Br2N2O2S. The maximum atomic E-state index is 13.0. The number of carbonyl (C=O) groups excluding carboxylic acids is 1. The topological polar surface area (TPSA) is 51.2 Å². The first-order valence-electron chi connectivity index (χ1n) is 9.94. The summed E-state index contributed by atoms with van der Waals surface area (Å²) in [5, 5.41) is 3.90. The predicted molar refractivity (Wildman–Crippen MR) is 135 cm³/mol. The Morgan fingerprint density at radius 2 is 1.87 bits per heavy atom. The molecule has 0 fully saturated rings. The SMILES string of the molecule is CCCCOc1ccc(C(=O)Nc2c(Br)cc(Br)cc2-c2nc3ccccc3s2)cc1. The van der Waals surface area contributed by atoms with E-state index in [-0.39, 0.29) is 5.91 Å². The van der Waals surface area contributed by atoms with Gasteiger partial charge in [-0.1, -0.05) is 41.4 Å². The number of para-hydroxylation sites is 1. The van der Waals surface area contributed by atoms with Crippen molar-refractivity contribution in [1.82, 2.24) is 4.98 Å². The molecule has 4 rings (SSSR count). The average molecular weight is 560 g/mol. The smallest absolute Gasteiger partial charge is 0.255 e. The van der Waals surface area contributed by atoms with Gasteiger partial charge in [0.05, 0.1) is 22.5 Å². The van der Waals surface area contributed by atoms with Gasteiger partial charge >= 0.3 is 0 Å². The Kier molecular flexibility index (Phi) is 7.05. The third-order valence-corrected chi connectivity index (χ3v) is 6.85. The number of hydrogen-bond acceptors (Lipinski definition) is 4. The lowest BCUT2D eigenvalue weighted by atomic mass is 10.1. The molecule has 0 saturated heterocycles. The summed E-state index contributed by atoms with van der Waals surface area (Å²) in [5.74, 6) is 0.579. The Hall–Kier alpha value is -2.22. The number of carbonyl (C=O) groups is 1. The van der Waals surface area contributed by atoms with Crippen LogP contribution in [0.3, 0.4) is 0 Å². The van der Waals surface area contributed by atoms with Crippen molar-refractivity contribution in [3.8, 4) is 16.3 Å². The number of fused-ring (bicyclic) bond motifs is 1. The Morgan fingerprint density at radius 1 is 1.10 bits per heavy atom. The van der Waals surface area contributed by atoms with Crippen LogP contribution in [-0.2, 0) is 0 Å². The standard InChI is InChI=1S/C24H20Br2N2O2S/c1-2-3-12-30-17-10-8-15(9-11-17)23(29)28-22-18(13-16(25)14-19(22)26)24-27-20-6-4-5-7-21(20)31-24/h4-11,13-14H,2-3,12H2,1H3,(H,28,29). The number of ether oxygens (including phenoxy) is 1. The highest BCUT2D eigenvalue weighted by Crippen LogP contribution is 2.40. The van der Waals surface area contributed by atoms with Crippen molar-refractivity contribution in [3.05, 3.63) is 75.2 Å². The van der Waals surface area contributed by atoms with Gasteiger partial charge in [0.15, 0.2) is 0 Å². The number of rotatable bonds is 7. The van der Waals surface area contributed by atoms with E-state index in [9.17, 15) is 4.79 Å². The molecule has 158 valence electrons. The fraction of sp³-hybridized carbons (Fsp3) is 0.167. The molecule has 0 saturated carbocycles. The maximum absolute atomic E-state index is 13.0. The highest BCUT2D eigenvalue weighted by atomic mass is 79.9. The molecule has 3 aromatic carbocycles. The van der Waals surface area contributed by atoms with Crippen LogP contribution >= 0.6 is 43.2 Å². The summed E-state index contributed by atoms with van der Waals surface area (Å²) in [6.07, 6.45) is 2.09. The quantitative estimate of drug-likeness (QED) is 0.234. The molecule has 7 heteroatoms. The summed E-state index contributed by atoms with van der Waals surface area (Å²) in [4.78, 5) is 17.7. The first-order chi connectivity index (χ1) is 15.0. The van der Waals surface area contributed by atoms with E-state index in [0.29, 0.717) is 17.9 Å². The van der Waals surface area contributed by atoms with Crippen LogP contribution in [0.4, 0.5) is 5.69 Å². The van der Waals surface area contributed by atoms with Gasteiger partial charge in [-0.15, -0.1) is 11.3 Å². The van der Waals surface area contributed by atoms with Crippen LogP contribution in [0.25, 0.3) is 20.8 Å². The molecule has 0 bridgehead atoms. The van der Waals surface area contributed by atoms with E-state index in [2.05, 4.69) is 44.1 Å². The number of unbranched alkanes of at least 4 members (excludes halogenated alkanes) is 1. The summed E-state index contributed by atoms with van der Waals surface area (Å²) >= 11 is 8.75. The zero-order chi connectivity index (χ0) is 21.8. The van der Waals surface area contributed by atoms with Crippen LogP contribution in [0, 0.1) is 0 Å². The number of benzene rings is 3. The van der Waals surface area contributed by atoms with Crippen LogP contribution in [0.2, 0.25) is 0 Å². The van der Waals surface area contributed by atoms with Crippen LogP contribution in [0.15, 0.2) is 69.6 Å². The van der Waals surface area contributed by atoms with Gasteiger partial charge in [0.1, 0.15) is 10.8 Å². The van der Waals surface area contributed by atoms with Crippen LogP contribution < -0.4 is 10.1 Å². The summed E-state index contributed by atoms with van der Waals surface area (Å²) < 4.78 is 8.47. The first kappa shape index (κ1) is 22.0. The molecule has 0 aliphatic heterocycles. The molecule has 31 heavy (non-hydrogen) atoms. The molecule has 0 unspecified atom stereocenters. The van der Waals surface area contributed by atoms with Gasteiger partial charge in [0.25, 0.3) is 5.91 Å². The fourth-order valence-corrected chi connectivity index (χ4v) is 5.39. The molecule has 1 amide bonds. The molecular weight excluding hydrogens is 540 g/mol. The Morgan fingerprint density at radius 3 is 2.61 bits per heavy atom. The lowest BCUT2D eigenvalue weighted by Gasteiger charge is -2.13. The van der Waals surface area contributed by atoms with E-state index in [1.807, 2.05) is 48.5 Å². The van der Waals surface area contributed by atoms with Crippen molar-refractivity contribution in [1.29, 1.82) is 0 Å². The second-order valence-electron chi connectivity index (χ2n) is 6.98. The zero-order valence-corrected chi connectivity index (χ0v) is 20.8. The first-order valence-corrected chi connectivity index (χ1v) is 12.3. The van der Waals surface area contributed by atoms with Gasteiger partial charge in [-0.2, -0.15) is 0 Å². The molecule has 0 spiro atoms. The number of nitrogens with zero attached hydrogens (tertiary/aromatic N) is 1. The van der Waals surface area contributed by atoms with Crippen molar-refractivity contribution in [2.24, 2.45) is 0 Å². The predicted octanol–water partition coefficient (Wildman–Crippen LogP) is 7.92. The van der Waals surface area contributed by atoms with E-state index in [0.717, 1.165) is 48.3 Å². The molecule has 1 heterocycles. The summed E-state index contributed by atoms with van der Waals surface area (Å²) in [5.41, 5.74) is 3.05. The van der Waals surface area contributed by atoms with Crippen molar-refractivity contribution in [2.75, 3.05) is 11.9 Å². The molecule has 0 aliphatic rings. The third kappa shape index (κ3) is 5.17. The number of thiazole rings is 1. The minimum Gasteiger partial charge on any atom is -0.494 e. The Bertz CT molecular complexity index is 1190. The van der Waals surface area contributed by atoms with Crippen molar-refractivity contribution >= 4 is 65.0 Å². The highest BCUT2D eigenvalue weighted by Gasteiger charge is 2.17. The number of hydrogen-bond donors (Lipinski definition) is 1. The van der Waals surface area contributed by atoms with E-state index in [4.69, 9.17) is 9.72 Å². The van der Waals surface area contributed by atoms with Gasteiger partial charge in [-0.05, 0) is 70.9 Å². The molecule has 0 aliphatic carbocycles. The summed E-state index contributed by atoms with van der Waals surface area (Å²) in [7, 11) is 0. The van der Waals surface area contributed by atoms with Crippen molar-refractivity contribution in [2.45, 2.75) is 19.8 Å². The van der Waals surface area contributed by atoms with Gasteiger partial charge in [0.2, 0.25) is 0 Å². The van der Waals surface area contributed by atoms with Gasteiger partial charge in [0, 0.05) is 20.1 Å². The molecule has 0 atom stereocenters. The average Bonchev–Trinajstić information content (AvgIpc) is 3.20. The second-order valence-corrected chi connectivity index (χ2v) is 9.78. The minimum atomic E-state index is -0.189. The zero-order valence-electron chi connectivity index (χ0n) is 16.8. The third-order valence-electron chi connectivity index (χ3n) is 4.70. The Labute approximate surface area is 201 Å². The highest BCUT2D eigenvalue weighted by molar-refractivity contribution is 9.11. The van der Waals surface area contributed by atoms with Crippen molar-refractivity contribution in [3.63, 3.8) is 0 Å². The molecule has 1 aromatic heterocycles. The van der Waals surface area contributed by atoms with Crippen LogP contribution in [0.1, 0.15) is 30.1 Å². The lowest BCUT2D eigenvalue weighted by Crippen LogP contribution is -2.13. The summed E-state index contributed by atoms with van der Waals surface area (Å²) in [6, 6.07) is 19.1. The van der Waals surface area contributed by atoms with E-state index in [1.165, 1.54) is 0 Å². The normalized spacial score (nSPS) is 10.9. The van der Waals surface area contributed by atoms with Gasteiger partial charge in [-0.3, -0.25) is 4.79 Å². The fourth-order valence-electron chi connectivity index (χ4n) is 3.08. The summed E-state index contributed by atoms with van der Waals surface area (Å²) in [6.45, 7) is 2.80. The largest absolute Gasteiger partial charge is 0.494 e. The van der Waals surface area contributed by atoms with Gasteiger partial charge < -0.3 is 10.1 Å². The van der Waals surface area contributed by atoms with Crippen LogP contribution in [0.5, 0.6) is 5.75 Å². The van der Waals surface area contributed by atoms with Gasteiger partial charge in [-0.25, -0.2) is 4.98 Å². The second kappa shape index (κ2) is 9.94. The number of aromatic nitrogens is 1. The monoisotopic (exact) mass is 558 g/mol. The molecule has 4 aromatic rings. The van der Waals surface area contributed by atoms with E-state index in [1.54, 1.807) is 23.5 Å². The van der Waals surface area contributed by atoms with E-state index < -0.39 is 0 Å². The minimum absolute atomic E-state index is 0.189. The number of halogens is 2. The molecule has 0 radical (unpaired) electrons. The molecule has 1 N–H and O–H groups in total. The molecule has 4 nitrogen and oxygen atoms in total. The number of nitrogens with one attached hydrogen (secondary N) is 1. The van der Waals surface area contributed by atoms with Crippen LogP contribution in [-0.4, -0.2) is 17.5 Å².